The van der Waals surface area contributed by atoms with Crippen molar-refractivity contribution in [2.24, 2.45) is 0 Å². The van der Waals surface area contributed by atoms with Crippen LogP contribution in [0.3, 0.4) is 0 Å². The Morgan fingerprint density at radius 1 is 0.903 bits per heavy atom. The fourth-order valence-electron chi connectivity index (χ4n) is 3.27. The van der Waals surface area contributed by atoms with Crippen LogP contribution in [0.25, 0.3) is 16.6 Å². The Labute approximate surface area is 179 Å². The molecule has 1 amide bonds. The number of hydrogen-bond acceptors (Lipinski definition) is 4. The number of rotatable bonds is 5. The summed E-state index contributed by atoms with van der Waals surface area (Å²) in [6.45, 7) is 3.58. The molecule has 3 aromatic carbocycles. The van der Waals surface area contributed by atoms with Crippen LogP contribution in [0.1, 0.15) is 35.6 Å². The molecule has 0 aliphatic heterocycles. The Morgan fingerprint density at radius 3 is 2.32 bits per heavy atom. The fraction of sp³-hybridized carbons (Fsp3) is 0.0800. The van der Waals surface area contributed by atoms with Gasteiger partial charge in [0.15, 0.2) is 5.78 Å². The van der Waals surface area contributed by atoms with Crippen LogP contribution in [-0.2, 0) is 4.79 Å². The van der Waals surface area contributed by atoms with E-state index >= 15 is 0 Å². The van der Waals surface area contributed by atoms with Crippen molar-refractivity contribution in [2.45, 2.75) is 13.8 Å². The molecule has 6 heteroatoms. The molecule has 0 atom stereocenters. The van der Waals surface area contributed by atoms with Crippen molar-refractivity contribution >= 4 is 39.7 Å². The standard InChI is InChI=1S/C25H22N4O2/c1-15(24-27-21-10-6-7-11-22(21)28-24)16(2)25(31)29-20-13-12-18(14-19(20)26)23(30)17-8-4-3-5-9-17/h3-14H,26H2,1-2H3,(H,27,28)(H,29,31)/b16-15+. The predicted molar refractivity (Wildman–Crippen MR) is 124 cm³/mol. The number of hydrogen-bond donors (Lipinski definition) is 3. The topological polar surface area (TPSA) is 101 Å². The summed E-state index contributed by atoms with van der Waals surface area (Å²) < 4.78 is 0. The van der Waals surface area contributed by atoms with Gasteiger partial charge < -0.3 is 16.0 Å². The molecule has 0 saturated heterocycles. The van der Waals surface area contributed by atoms with E-state index in [1.54, 1.807) is 37.3 Å². The van der Waals surface area contributed by atoms with Gasteiger partial charge in [0.25, 0.3) is 5.91 Å². The number of fused-ring (bicyclic) bond motifs is 1. The Bertz CT molecular complexity index is 1290. The van der Waals surface area contributed by atoms with E-state index in [1.807, 2.05) is 49.4 Å². The number of H-pyrrole nitrogens is 1. The largest absolute Gasteiger partial charge is 0.397 e. The van der Waals surface area contributed by atoms with Crippen LogP contribution in [0, 0.1) is 0 Å². The summed E-state index contributed by atoms with van der Waals surface area (Å²) in [6.07, 6.45) is 0. The van der Waals surface area contributed by atoms with Gasteiger partial charge in [-0.25, -0.2) is 4.98 Å². The number of benzene rings is 3. The molecule has 0 fully saturated rings. The van der Waals surface area contributed by atoms with Gasteiger partial charge in [0.1, 0.15) is 5.82 Å². The third-order valence-electron chi connectivity index (χ3n) is 5.25. The van der Waals surface area contributed by atoms with Crippen LogP contribution in [0.4, 0.5) is 11.4 Å². The summed E-state index contributed by atoms with van der Waals surface area (Å²) in [5.74, 6) is 0.236. The minimum absolute atomic E-state index is 0.123. The molecule has 0 radical (unpaired) electrons. The van der Waals surface area contributed by atoms with E-state index in [2.05, 4.69) is 15.3 Å². The molecule has 0 spiro atoms. The highest BCUT2D eigenvalue weighted by Crippen LogP contribution is 2.24. The number of carbonyl (C=O) groups excluding carboxylic acids is 2. The first kappa shape index (κ1) is 20.1. The van der Waals surface area contributed by atoms with E-state index in [1.165, 1.54) is 0 Å². The molecule has 0 bridgehead atoms. The first-order valence-corrected chi connectivity index (χ1v) is 9.87. The van der Waals surface area contributed by atoms with Gasteiger partial charge >= 0.3 is 0 Å². The summed E-state index contributed by atoms with van der Waals surface area (Å²) in [7, 11) is 0. The third-order valence-corrected chi connectivity index (χ3v) is 5.25. The van der Waals surface area contributed by atoms with Crippen molar-refractivity contribution < 1.29 is 9.59 Å². The van der Waals surface area contributed by atoms with E-state index in [4.69, 9.17) is 5.73 Å². The number of allylic oxidation sites excluding steroid dienone is 1. The van der Waals surface area contributed by atoms with Gasteiger partial charge in [-0.05, 0) is 44.2 Å². The van der Waals surface area contributed by atoms with Crippen molar-refractivity contribution in [3.8, 4) is 0 Å². The van der Waals surface area contributed by atoms with Crippen molar-refractivity contribution in [1.82, 2.24) is 9.97 Å². The molecule has 0 saturated carbocycles. The number of carbonyl (C=O) groups is 2. The highest BCUT2D eigenvalue weighted by atomic mass is 16.1. The van der Waals surface area contributed by atoms with Crippen molar-refractivity contribution in [2.75, 3.05) is 11.1 Å². The number of aromatic nitrogens is 2. The number of nitrogens with one attached hydrogen (secondary N) is 2. The number of nitrogen functional groups attached to an aromatic ring is 1. The van der Waals surface area contributed by atoms with Crippen molar-refractivity contribution in [3.63, 3.8) is 0 Å². The number of ketones is 1. The Balaban J connectivity index is 1.55. The van der Waals surface area contributed by atoms with Gasteiger partial charge in [-0.15, -0.1) is 0 Å². The number of aromatic amines is 1. The van der Waals surface area contributed by atoms with Crippen LogP contribution >= 0.6 is 0 Å². The van der Waals surface area contributed by atoms with Gasteiger partial charge in [-0.1, -0.05) is 42.5 Å². The molecule has 1 heterocycles. The normalized spacial score (nSPS) is 11.8. The fourth-order valence-corrected chi connectivity index (χ4v) is 3.27. The SMILES string of the molecule is C/C(C(=O)Nc1ccc(C(=O)c2ccccc2)cc1N)=C(/C)c1nc2ccccc2[nH]1. The molecular formula is C25H22N4O2. The second-order valence-electron chi connectivity index (χ2n) is 7.30. The quantitative estimate of drug-likeness (QED) is 0.250. The van der Waals surface area contributed by atoms with Crippen LogP contribution in [0.15, 0.2) is 78.4 Å². The lowest BCUT2D eigenvalue weighted by molar-refractivity contribution is -0.112. The molecule has 0 aliphatic rings. The van der Waals surface area contributed by atoms with E-state index in [9.17, 15) is 9.59 Å². The molecule has 154 valence electrons. The lowest BCUT2D eigenvalue weighted by atomic mass is 10.0. The highest BCUT2D eigenvalue weighted by Gasteiger charge is 2.15. The average molecular weight is 410 g/mol. The molecule has 31 heavy (non-hydrogen) atoms. The molecule has 4 N–H and O–H groups in total. The lowest BCUT2D eigenvalue weighted by Gasteiger charge is -2.11. The smallest absolute Gasteiger partial charge is 0.251 e. The predicted octanol–water partition coefficient (Wildman–Crippen LogP) is 4.81. The molecule has 4 aromatic rings. The number of imidazole rings is 1. The number of nitrogens with zero attached hydrogens (tertiary/aromatic N) is 1. The maximum absolute atomic E-state index is 12.8. The third kappa shape index (κ3) is 4.09. The number of anilines is 2. The van der Waals surface area contributed by atoms with Crippen LogP contribution in [0.5, 0.6) is 0 Å². The Morgan fingerprint density at radius 2 is 1.61 bits per heavy atom. The summed E-state index contributed by atoms with van der Waals surface area (Å²) in [5.41, 5.74) is 11.0. The van der Waals surface area contributed by atoms with Crippen LogP contribution < -0.4 is 11.1 Å². The van der Waals surface area contributed by atoms with Crippen LogP contribution in [0.2, 0.25) is 0 Å². The van der Waals surface area contributed by atoms with E-state index < -0.39 is 0 Å². The van der Waals surface area contributed by atoms with Gasteiger partial charge in [-0.3, -0.25) is 9.59 Å². The number of amides is 1. The first-order valence-electron chi connectivity index (χ1n) is 9.87. The average Bonchev–Trinajstić information content (AvgIpc) is 3.23. The first-order chi connectivity index (χ1) is 14.9. The Hall–Kier alpha value is -4.19. The molecule has 6 nitrogen and oxygen atoms in total. The highest BCUT2D eigenvalue weighted by molar-refractivity contribution is 6.12. The zero-order valence-electron chi connectivity index (χ0n) is 17.3. The van der Waals surface area contributed by atoms with Gasteiger partial charge in [-0.2, -0.15) is 0 Å². The molecule has 0 aliphatic carbocycles. The monoisotopic (exact) mass is 410 g/mol. The zero-order chi connectivity index (χ0) is 22.0. The summed E-state index contributed by atoms with van der Waals surface area (Å²) in [5, 5.41) is 2.83. The maximum Gasteiger partial charge on any atom is 0.251 e. The summed E-state index contributed by atoms with van der Waals surface area (Å²) in [4.78, 5) is 33.2. The lowest BCUT2D eigenvalue weighted by Crippen LogP contribution is -2.15. The zero-order valence-corrected chi connectivity index (χ0v) is 17.3. The molecule has 4 rings (SSSR count). The molecule has 1 aromatic heterocycles. The number of para-hydroxylation sites is 2. The minimum atomic E-state index is -0.285. The molecular weight excluding hydrogens is 388 g/mol. The van der Waals surface area contributed by atoms with E-state index in [0.717, 1.165) is 16.6 Å². The summed E-state index contributed by atoms with van der Waals surface area (Å²) in [6, 6.07) is 21.6. The Kier molecular flexibility index (Phi) is 5.37. The number of nitrogens with two attached hydrogens (primary N) is 1. The van der Waals surface area contributed by atoms with Crippen molar-refractivity contribution in [3.05, 3.63) is 95.3 Å². The molecule has 0 unspecified atom stereocenters. The van der Waals surface area contributed by atoms with Gasteiger partial charge in [0.2, 0.25) is 0 Å². The minimum Gasteiger partial charge on any atom is -0.397 e. The van der Waals surface area contributed by atoms with Gasteiger partial charge in [0, 0.05) is 22.3 Å². The maximum atomic E-state index is 12.8. The van der Waals surface area contributed by atoms with E-state index in [0.29, 0.717) is 33.9 Å². The second kappa shape index (κ2) is 8.28. The van der Waals surface area contributed by atoms with Crippen LogP contribution in [-0.4, -0.2) is 21.7 Å². The van der Waals surface area contributed by atoms with Crippen molar-refractivity contribution in [1.29, 1.82) is 0 Å². The second-order valence-corrected chi connectivity index (χ2v) is 7.30. The summed E-state index contributed by atoms with van der Waals surface area (Å²) >= 11 is 0. The van der Waals surface area contributed by atoms with E-state index in [-0.39, 0.29) is 11.7 Å². The van der Waals surface area contributed by atoms with Gasteiger partial charge in [0.05, 0.1) is 22.4 Å².